The van der Waals surface area contributed by atoms with Crippen molar-refractivity contribution in [1.29, 1.82) is 0 Å². The van der Waals surface area contributed by atoms with E-state index in [1.54, 1.807) is 0 Å². The zero-order chi connectivity index (χ0) is 10.0. The van der Waals surface area contributed by atoms with Crippen molar-refractivity contribution < 1.29 is 66.2 Å². The van der Waals surface area contributed by atoms with Crippen LogP contribution in [0.3, 0.4) is 0 Å². The molecule has 68 valence electrons. The number of hydrogen-bond acceptors (Lipinski definition) is 5. The molecule has 2 N–H and O–H groups in total. The standard InChI is InChI=1S/C7H6N2O4.K/c8-6-3-4(9(12)13)1-2-5(6)7(10)11;/h1-3H,8H2,(H,10,11);/q;+1/p-1. The number of carbonyl (C=O) groups is 1. The number of nitrogen functional groups attached to an aromatic ring is 1. The Balaban J connectivity index is 0.00000169. The third kappa shape index (κ3) is 3.03. The minimum absolute atomic E-state index is 0. The molecule has 0 saturated carbocycles. The number of carboxylic acid groups (broad SMARTS) is 1. The fourth-order valence-corrected chi connectivity index (χ4v) is 0.850. The predicted molar refractivity (Wildman–Crippen MR) is 41.8 cm³/mol. The van der Waals surface area contributed by atoms with Gasteiger partial charge in [-0.2, -0.15) is 0 Å². The molecule has 1 aromatic carbocycles. The molecule has 0 aromatic heterocycles. The van der Waals surface area contributed by atoms with Crippen LogP contribution in [0.25, 0.3) is 0 Å². The number of carboxylic acids is 1. The van der Waals surface area contributed by atoms with Crippen LogP contribution in [0, 0.1) is 10.1 Å². The molecule has 0 spiro atoms. The summed E-state index contributed by atoms with van der Waals surface area (Å²) in [5.41, 5.74) is 4.57. The van der Waals surface area contributed by atoms with Gasteiger partial charge in [-0.3, -0.25) is 10.1 Å². The van der Waals surface area contributed by atoms with Gasteiger partial charge in [0.1, 0.15) is 0 Å². The number of anilines is 1. The van der Waals surface area contributed by atoms with Gasteiger partial charge in [-0.1, -0.05) is 0 Å². The average Bonchev–Trinajstić information content (AvgIpc) is 2.03. The molecule has 0 radical (unpaired) electrons. The Morgan fingerprint density at radius 2 is 2.00 bits per heavy atom. The van der Waals surface area contributed by atoms with E-state index in [0.29, 0.717) is 0 Å². The molecule has 0 heterocycles. The summed E-state index contributed by atoms with van der Waals surface area (Å²) in [6.45, 7) is 0. The van der Waals surface area contributed by atoms with Crippen LogP contribution in [-0.4, -0.2) is 10.9 Å². The van der Waals surface area contributed by atoms with Gasteiger partial charge in [-0.05, 0) is 6.07 Å². The zero-order valence-electron chi connectivity index (χ0n) is 7.39. The van der Waals surface area contributed by atoms with Crippen LogP contribution in [-0.2, 0) is 0 Å². The van der Waals surface area contributed by atoms with Crippen LogP contribution >= 0.6 is 0 Å². The summed E-state index contributed by atoms with van der Waals surface area (Å²) in [5.74, 6) is -1.45. The molecule has 7 heteroatoms. The van der Waals surface area contributed by atoms with E-state index in [1.165, 1.54) is 0 Å². The summed E-state index contributed by atoms with van der Waals surface area (Å²) in [5, 5.41) is 20.6. The van der Waals surface area contributed by atoms with Crippen molar-refractivity contribution in [3.05, 3.63) is 33.9 Å². The first kappa shape index (κ1) is 13.5. The second-order valence-electron chi connectivity index (χ2n) is 2.32. The Morgan fingerprint density at radius 1 is 1.43 bits per heavy atom. The van der Waals surface area contributed by atoms with E-state index in [0.717, 1.165) is 18.2 Å². The van der Waals surface area contributed by atoms with Gasteiger partial charge >= 0.3 is 51.4 Å². The van der Waals surface area contributed by atoms with Gasteiger partial charge in [0.15, 0.2) is 0 Å². The summed E-state index contributed by atoms with van der Waals surface area (Å²) in [7, 11) is 0. The number of nitrogens with zero attached hydrogens (tertiary/aromatic N) is 1. The van der Waals surface area contributed by atoms with Crippen LogP contribution < -0.4 is 62.2 Å². The van der Waals surface area contributed by atoms with Crippen molar-refractivity contribution in [2.45, 2.75) is 0 Å². The minimum Gasteiger partial charge on any atom is -0.545 e. The maximum atomic E-state index is 10.3. The molecule has 0 bridgehead atoms. The first-order valence-electron chi connectivity index (χ1n) is 3.27. The van der Waals surface area contributed by atoms with Crippen molar-refractivity contribution >= 4 is 17.3 Å². The molecule has 1 rings (SSSR count). The van der Waals surface area contributed by atoms with Gasteiger partial charge in [0, 0.05) is 23.4 Å². The Morgan fingerprint density at radius 3 is 2.36 bits per heavy atom. The number of hydrogen-bond donors (Lipinski definition) is 1. The first-order valence-corrected chi connectivity index (χ1v) is 3.27. The monoisotopic (exact) mass is 220 g/mol. The van der Waals surface area contributed by atoms with Crippen molar-refractivity contribution in [2.75, 3.05) is 5.73 Å². The number of non-ortho nitro benzene ring substituents is 1. The van der Waals surface area contributed by atoms with Crippen LogP contribution in [0.4, 0.5) is 11.4 Å². The zero-order valence-corrected chi connectivity index (χ0v) is 10.5. The molecule has 6 nitrogen and oxygen atoms in total. The van der Waals surface area contributed by atoms with Crippen molar-refractivity contribution in [1.82, 2.24) is 0 Å². The summed E-state index contributed by atoms with van der Waals surface area (Å²) in [6, 6.07) is 3.08. The molecule has 0 aliphatic carbocycles. The predicted octanol–water partition coefficient (Wildman–Crippen LogP) is -3.46. The molecule has 0 saturated heterocycles. The van der Waals surface area contributed by atoms with Crippen molar-refractivity contribution in [2.24, 2.45) is 0 Å². The number of benzene rings is 1. The van der Waals surface area contributed by atoms with Crippen molar-refractivity contribution in [3.63, 3.8) is 0 Å². The number of nitro benzene ring substituents is 1. The molecule has 1 aromatic rings. The van der Waals surface area contributed by atoms with E-state index in [2.05, 4.69) is 0 Å². The van der Waals surface area contributed by atoms with Crippen LogP contribution in [0.2, 0.25) is 0 Å². The van der Waals surface area contributed by atoms with Crippen LogP contribution in [0.1, 0.15) is 10.4 Å². The van der Waals surface area contributed by atoms with Crippen molar-refractivity contribution in [3.8, 4) is 0 Å². The summed E-state index contributed by atoms with van der Waals surface area (Å²) >= 11 is 0. The Hall–Kier alpha value is -0.474. The van der Waals surface area contributed by atoms with E-state index >= 15 is 0 Å². The van der Waals surface area contributed by atoms with Gasteiger partial charge in [-0.25, -0.2) is 0 Å². The maximum absolute atomic E-state index is 10.3. The van der Waals surface area contributed by atoms with E-state index in [9.17, 15) is 20.0 Å². The van der Waals surface area contributed by atoms with Gasteiger partial charge in [0.05, 0.1) is 10.9 Å². The maximum Gasteiger partial charge on any atom is 1.00 e. The first-order chi connectivity index (χ1) is 6.02. The van der Waals surface area contributed by atoms with Crippen LogP contribution in [0.15, 0.2) is 18.2 Å². The molecule has 0 amide bonds. The van der Waals surface area contributed by atoms with Gasteiger partial charge in [0.2, 0.25) is 0 Å². The second-order valence-corrected chi connectivity index (χ2v) is 2.32. The molecule has 0 aliphatic rings. The Labute approximate surface area is 122 Å². The van der Waals surface area contributed by atoms with Gasteiger partial charge < -0.3 is 15.6 Å². The third-order valence-electron chi connectivity index (χ3n) is 1.47. The minimum atomic E-state index is -1.45. The molecule has 0 aliphatic heterocycles. The molecule has 0 atom stereocenters. The summed E-state index contributed by atoms with van der Waals surface area (Å²) in [4.78, 5) is 19.9. The van der Waals surface area contributed by atoms with E-state index < -0.39 is 10.9 Å². The number of nitrogens with two attached hydrogens (primary N) is 1. The van der Waals surface area contributed by atoms with Crippen LogP contribution in [0.5, 0.6) is 0 Å². The Kier molecular flexibility index (Phi) is 5.23. The quantitative estimate of drug-likeness (QED) is 0.241. The topological polar surface area (TPSA) is 109 Å². The van der Waals surface area contributed by atoms with E-state index in [-0.39, 0.29) is 68.3 Å². The van der Waals surface area contributed by atoms with Gasteiger partial charge in [-0.15, -0.1) is 0 Å². The molecular formula is C7H5KN2O4. The largest absolute Gasteiger partial charge is 1.00 e. The summed E-state index contributed by atoms with van der Waals surface area (Å²) < 4.78 is 0. The number of aromatic carboxylic acids is 1. The average molecular weight is 220 g/mol. The number of nitro groups is 1. The van der Waals surface area contributed by atoms with Gasteiger partial charge in [0.25, 0.3) is 5.69 Å². The molecule has 14 heavy (non-hydrogen) atoms. The second kappa shape index (κ2) is 5.42. The number of rotatable bonds is 2. The Bertz CT molecular complexity index is 380. The molecule has 0 fully saturated rings. The fourth-order valence-electron chi connectivity index (χ4n) is 0.850. The van der Waals surface area contributed by atoms with E-state index in [4.69, 9.17) is 5.73 Å². The summed E-state index contributed by atoms with van der Waals surface area (Å²) in [6.07, 6.45) is 0. The number of carbonyl (C=O) groups excluding carboxylic acids is 1. The normalized spacial score (nSPS) is 8.86. The smallest absolute Gasteiger partial charge is 0.545 e. The molecular weight excluding hydrogens is 215 g/mol. The molecule has 0 unspecified atom stereocenters. The van der Waals surface area contributed by atoms with E-state index in [1.807, 2.05) is 0 Å². The SMILES string of the molecule is Nc1cc([N+](=O)[O-])ccc1C(=O)[O-].[K+]. The fraction of sp³-hybridized carbons (Fsp3) is 0. The third-order valence-corrected chi connectivity index (χ3v) is 1.47.